The molecule has 2 heterocycles. The fraction of sp³-hybridized carbons (Fsp3) is 0.308. The number of benzene rings is 1. The molecule has 1 aromatic carbocycles. The molecule has 0 amide bonds. The van der Waals surface area contributed by atoms with Crippen molar-refractivity contribution in [2.45, 2.75) is 0 Å². The molecule has 3 N–H and O–H groups in total. The van der Waals surface area contributed by atoms with Gasteiger partial charge in [0.05, 0.1) is 5.69 Å². The molecule has 0 saturated carbocycles. The Balaban J connectivity index is 0.000000153. The van der Waals surface area contributed by atoms with Crippen LogP contribution in [0.2, 0.25) is 0 Å². The fourth-order valence-electron chi connectivity index (χ4n) is 1.64. The van der Waals surface area contributed by atoms with Gasteiger partial charge in [0.15, 0.2) is 0 Å². The largest absolute Gasteiger partial charge is 0.314 e. The molecule has 3 rings (SSSR count). The number of para-hydroxylation sites is 1. The van der Waals surface area contributed by atoms with Gasteiger partial charge in [-0.3, -0.25) is 5.43 Å². The van der Waals surface area contributed by atoms with Crippen molar-refractivity contribution in [2.24, 2.45) is 5.10 Å². The molecule has 1 saturated heterocycles. The maximum atomic E-state index is 3.95. The van der Waals surface area contributed by atoms with Gasteiger partial charge in [-0.1, -0.05) is 24.3 Å². The van der Waals surface area contributed by atoms with Gasteiger partial charge in [0.2, 0.25) is 0 Å². The van der Waals surface area contributed by atoms with Gasteiger partial charge in [0.1, 0.15) is 0 Å². The van der Waals surface area contributed by atoms with E-state index < -0.39 is 0 Å². The Bertz CT molecular complexity index is 383. The summed E-state index contributed by atoms with van der Waals surface area (Å²) in [6.07, 6.45) is 5.68. The van der Waals surface area contributed by atoms with Gasteiger partial charge in [-0.15, -0.1) is 0 Å². The molecular weight excluding hydrogens is 212 g/mol. The second-order valence-electron chi connectivity index (χ2n) is 3.84. The quantitative estimate of drug-likeness (QED) is 0.629. The molecule has 90 valence electrons. The maximum Gasteiger partial charge on any atom is 0.0634 e. The van der Waals surface area contributed by atoms with Crippen molar-refractivity contribution < 1.29 is 0 Å². The van der Waals surface area contributed by atoms with Gasteiger partial charge in [0.25, 0.3) is 0 Å². The molecule has 0 spiro atoms. The van der Waals surface area contributed by atoms with Gasteiger partial charge < -0.3 is 10.6 Å². The van der Waals surface area contributed by atoms with E-state index in [4.69, 9.17) is 0 Å². The molecule has 0 radical (unpaired) electrons. The number of nitrogens with one attached hydrogen (secondary N) is 3. The van der Waals surface area contributed by atoms with Crippen molar-refractivity contribution in [3.63, 3.8) is 0 Å². The number of rotatable bonds is 0. The minimum absolute atomic E-state index is 1.05. The fourth-order valence-corrected chi connectivity index (χ4v) is 1.64. The highest BCUT2D eigenvalue weighted by atomic mass is 15.3. The second-order valence-corrected chi connectivity index (χ2v) is 3.84. The van der Waals surface area contributed by atoms with Crippen LogP contribution in [0.25, 0.3) is 6.08 Å². The normalized spacial score (nSPS) is 17.2. The van der Waals surface area contributed by atoms with Crippen molar-refractivity contribution in [3.05, 3.63) is 35.9 Å². The molecule has 1 fully saturated rings. The lowest BCUT2D eigenvalue weighted by Crippen LogP contribution is -2.39. The van der Waals surface area contributed by atoms with Crippen LogP contribution < -0.4 is 16.1 Å². The molecule has 0 bridgehead atoms. The first-order valence-electron chi connectivity index (χ1n) is 5.93. The van der Waals surface area contributed by atoms with E-state index in [1.54, 1.807) is 6.21 Å². The van der Waals surface area contributed by atoms with Crippen molar-refractivity contribution in [1.29, 1.82) is 0 Å². The van der Waals surface area contributed by atoms with Crippen LogP contribution in [-0.4, -0.2) is 32.4 Å². The van der Waals surface area contributed by atoms with Crippen molar-refractivity contribution in [3.8, 4) is 0 Å². The highest BCUT2D eigenvalue weighted by molar-refractivity contribution is 5.83. The van der Waals surface area contributed by atoms with Crippen LogP contribution in [0, 0.1) is 0 Å². The maximum absolute atomic E-state index is 3.95. The lowest BCUT2D eigenvalue weighted by molar-refractivity contribution is 0.534. The van der Waals surface area contributed by atoms with E-state index in [0.29, 0.717) is 0 Å². The summed E-state index contributed by atoms with van der Waals surface area (Å²) in [5.41, 5.74) is 5.16. The summed E-state index contributed by atoms with van der Waals surface area (Å²) in [5, 5.41) is 10.4. The Hall–Kier alpha value is -1.65. The number of hydrogen-bond donors (Lipinski definition) is 3. The molecule has 0 atom stereocenters. The lowest BCUT2D eigenvalue weighted by Gasteiger charge is -2.11. The molecule has 0 unspecified atom stereocenters. The van der Waals surface area contributed by atoms with Crippen LogP contribution in [-0.2, 0) is 0 Å². The third-order valence-electron chi connectivity index (χ3n) is 2.54. The Labute approximate surface area is 102 Å². The highest BCUT2D eigenvalue weighted by Gasteiger charge is 1.96. The van der Waals surface area contributed by atoms with Gasteiger partial charge in [-0.2, -0.15) is 5.10 Å². The van der Waals surface area contributed by atoms with E-state index in [0.717, 1.165) is 31.9 Å². The SMILES string of the molecule is C1=Cc2ccccc2NN=C1.C1CNCCN1. The molecule has 1 aromatic rings. The summed E-state index contributed by atoms with van der Waals surface area (Å²) in [6, 6.07) is 8.05. The molecule has 2 aliphatic rings. The minimum atomic E-state index is 1.05. The van der Waals surface area contributed by atoms with Crippen LogP contribution in [0.3, 0.4) is 0 Å². The Morgan fingerprint density at radius 2 is 1.65 bits per heavy atom. The molecular formula is C13H18N4. The minimum Gasteiger partial charge on any atom is -0.314 e. The molecule has 17 heavy (non-hydrogen) atoms. The van der Waals surface area contributed by atoms with Crippen molar-refractivity contribution in [2.75, 3.05) is 31.6 Å². The molecule has 0 aliphatic carbocycles. The third-order valence-corrected chi connectivity index (χ3v) is 2.54. The van der Waals surface area contributed by atoms with E-state index in [2.05, 4.69) is 21.2 Å². The van der Waals surface area contributed by atoms with E-state index in [9.17, 15) is 0 Å². The smallest absolute Gasteiger partial charge is 0.0634 e. The predicted molar refractivity (Wildman–Crippen MR) is 73.3 cm³/mol. The Morgan fingerprint density at radius 3 is 2.35 bits per heavy atom. The zero-order valence-electron chi connectivity index (χ0n) is 9.82. The molecule has 4 nitrogen and oxygen atoms in total. The average Bonchev–Trinajstić information content (AvgIpc) is 2.66. The van der Waals surface area contributed by atoms with Crippen LogP contribution >= 0.6 is 0 Å². The molecule has 4 heteroatoms. The lowest BCUT2D eigenvalue weighted by atomic mass is 10.2. The van der Waals surface area contributed by atoms with Gasteiger partial charge >= 0.3 is 0 Å². The number of allylic oxidation sites excluding steroid dienone is 1. The van der Waals surface area contributed by atoms with E-state index in [1.165, 1.54) is 5.56 Å². The summed E-state index contributed by atoms with van der Waals surface area (Å²) in [7, 11) is 0. The second kappa shape index (κ2) is 6.83. The summed E-state index contributed by atoms with van der Waals surface area (Å²) < 4.78 is 0. The van der Waals surface area contributed by atoms with E-state index in [-0.39, 0.29) is 0 Å². The number of anilines is 1. The number of hydrazone groups is 1. The first kappa shape index (κ1) is 11.8. The Kier molecular flexibility index (Phi) is 4.75. The highest BCUT2D eigenvalue weighted by Crippen LogP contribution is 2.17. The topological polar surface area (TPSA) is 48.5 Å². The van der Waals surface area contributed by atoms with E-state index in [1.807, 2.05) is 36.4 Å². The summed E-state index contributed by atoms with van der Waals surface area (Å²) in [6.45, 7) is 4.56. The summed E-state index contributed by atoms with van der Waals surface area (Å²) >= 11 is 0. The molecule has 0 aromatic heterocycles. The monoisotopic (exact) mass is 230 g/mol. The van der Waals surface area contributed by atoms with Crippen LogP contribution in [0.4, 0.5) is 5.69 Å². The number of fused-ring (bicyclic) bond motifs is 1. The first-order valence-corrected chi connectivity index (χ1v) is 5.93. The summed E-state index contributed by atoms with van der Waals surface area (Å²) in [4.78, 5) is 0. The van der Waals surface area contributed by atoms with E-state index >= 15 is 0 Å². The van der Waals surface area contributed by atoms with Gasteiger partial charge in [-0.05, 0) is 17.7 Å². The Morgan fingerprint density at radius 1 is 0.941 bits per heavy atom. The average molecular weight is 230 g/mol. The van der Waals surface area contributed by atoms with Crippen LogP contribution in [0.15, 0.2) is 35.4 Å². The standard InChI is InChI=1S/C9H8N2.C4H10N2/c1-2-6-9-8(4-1)5-3-7-10-11-9;1-2-6-4-3-5-1/h1-7,11H;5-6H,1-4H2. The number of piperazine rings is 1. The van der Waals surface area contributed by atoms with Crippen molar-refractivity contribution >= 4 is 18.0 Å². The van der Waals surface area contributed by atoms with Crippen LogP contribution in [0.1, 0.15) is 5.56 Å². The van der Waals surface area contributed by atoms with Gasteiger partial charge in [-0.25, -0.2) is 0 Å². The predicted octanol–water partition coefficient (Wildman–Crippen LogP) is 1.29. The third kappa shape index (κ3) is 4.01. The summed E-state index contributed by atoms with van der Waals surface area (Å²) in [5.74, 6) is 0. The first-order chi connectivity index (χ1) is 8.47. The molecule has 2 aliphatic heterocycles. The number of nitrogens with zero attached hydrogens (tertiary/aromatic N) is 1. The van der Waals surface area contributed by atoms with Crippen LogP contribution in [0.5, 0.6) is 0 Å². The van der Waals surface area contributed by atoms with Gasteiger partial charge in [0, 0.05) is 32.4 Å². The number of hydrogen-bond acceptors (Lipinski definition) is 4. The van der Waals surface area contributed by atoms with Crippen molar-refractivity contribution in [1.82, 2.24) is 10.6 Å². The zero-order valence-corrected chi connectivity index (χ0v) is 9.82. The zero-order chi connectivity index (χ0) is 11.8.